The SMILES string of the molecule is CNC(CN)c1ccc(OC)c(OC2CCC3CCC2C3)c1. The summed E-state index contributed by atoms with van der Waals surface area (Å²) < 4.78 is 11.9. The summed E-state index contributed by atoms with van der Waals surface area (Å²) in [5.41, 5.74) is 6.99. The van der Waals surface area contributed by atoms with E-state index >= 15 is 0 Å². The lowest BCUT2D eigenvalue weighted by atomic mass is 9.87. The van der Waals surface area contributed by atoms with Crippen LogP contribution in [0.15, 0.2) is 18.2 Å². The van der Waals surface area contributed by atoms with Gasteiger partial charge in [0, 0.05) is 12.6 Å². The Hall–Kier alpha value is -1.26. The lowest BCUT2D eigenvalue weighted by Gasteiger charge is -2.30. The predicted octanol–water partition coefficient (Wildman–Crippen LogP) is 2.87. The molecule has 0 radical (unpaired) electrons. The number of rotatable bonds is 6. The molecule has 0 spiro atoms. The van der Waals surface area contributed by atoms with E-state index in [1.807, 2.05) is 13.1 Å². The van der Waals surface area contributed by atoms with Gasteiger partial charge in [-0.3, -0.25) is 0 Å². The second-order valence-electron chi connectivity index (χ2n) is 6.66. The molecular formula is C18H28N2O2. The quantitative estimate of drug-likeness (QED) is 0.848. The fourth-order valence-corrected chi connectivity index (χ4v) is 4.09. The highest BCUT2D eigenvalue weighted by Crippen LogP contribution is 2.44. The van der Waals surface area contributed by atoms with E-state index in [-0.39, 0.29) is 6.04 Å². The number of likely N-dealkylation sites (N-methyl/N-ethyl adjacent to an activating group) is 1. The van der Waals surface area contributed by atoms with Crippen LogP contribution in [0.25, 0.3) is 0 Å². The maximum Gasteiger partial charge on any atom is 0.161 e. The first-order valence-corrected chi connectivity index (χ1v) is 8.47. The van der Waals surface area contributed by atoms with Crippen molar-refractivity contribution in [2.75, 3.05) is 20.7 Å². The van der Waals surface area contributed by atoms with Crippen molar-refractivity contribution in [2.45, 2.75) is 44.2 Å². The molecule has 3 rings (SSSR count). The number of hydrogen-bond donors (Lipinski definition) is 2. The van der Waals surface area contributed by atoms with Gasteiger partial charge in [0.1, 0.15) is 6.10 Å². The van der Waals surface area contributed by atoms with E-state index in [1.165, 1.54) is 32.1 Å². The smallest absolute Gasteiger partial charge is 0.161 e. The first-order chi connectivity index (χ1) is 10.7. The lowest BCUT2D eigenvalue weighted by Crippen LogP contribution is -2.29. The first kappa shape index (κ1) is 15.6. The summed E-state index contributed by atoms with van der Waals surface area (Å²) in [4.78, 5) is 0. The van der Waals surface area contributed by atoms with E-state index in [0.29, 0.717) is 12.6 Å². The predicted molar refractivity (Wildman–Crippen MR) is 88.3 cm³/mol. The van der Waals surface area contributed by atoms with Gasteiger partial charge < -0.3 is 20.5 Å². The molecule has 0 heterocycles. The van der Waals surface area contributed by atoms with Crippen molar-refractivity contribution in [1.82, 2.24) is 5.32 Å². The molecule has 122 valence electrons. The average Bonchev–Trinajstić information content (AvgIpc) is 2.94. The van der Waals surface area contributed by atoms with Gasteiger partial charge in [0.25, 0.3) is 0 Å². The van der Waals surface area contributed by atoms with Crippen molar-refractivity contribution in [2.24, 2.45) is 17.6 Å². The van der Waals surface area contributed by atoms with Crippen LogP contribution in [0.4, 0.5) is 0 Å². The third-order valence-electron chi connectivity index (χ3n) is 5.42. The maximum atomic E-state index is 6.39. The molecule has 1 aromatic rings. The summed E-state index contributed by atoms with van der Waals surface area (Å²) in [5.74, 6) is 3.35. The fraction of sp³-hybridized carbons (Fsp3) is 0.667. The minimum absolute atomic E-state index is 0.149. The van der Waals surface area contributed by atoms with Crippen LogP contribution in [-0.2, 0) is 0 Å². The lowest BCUT2D eigenvalue weighted by molar-refractivity contribution is 0.0963. The highest BCUT2D eigenvalue weighted by molar-refractivity contribution is 5.44. The number of benzene rings is 1. The number of nitrogens with one attached hydrogen (secondary N) is 1. The zero-order chi connectivity index (χ0) is 15.5. The number of nitrogens with two attached hydrogens (primary N) is 1. The molecule has 4 atom stereocenters. The van der Waals surface area contributed by atoms with E-state index in [0.717, 1.165) is 28.9 Å². The van der Waals surface area contributed by atoms with E-state index < -0.39 is 0 Å². The minimum Gasteiger partial charge on any atom is -0.493 e. The third-order valence-corrected chi connectivity index (χ3v) is 5.42. The summed E-state index contributed by atoms with van der Waals surface area (Å²) in [6.45, 7) is 0.565. The molecule has 2 bridgehead atoms. The molecule has 22 heavy (non-hydrogen) atoms. The molecule has 2 fully saturated rings. The van der Waals surface area contributed by atoms with Gasteiger partial charge in [0.2, 0.25) is 0 Å². The molecular weight excluding hydrogens is 276 g/mol. The van der Waals surface area contributed by atoms with Crippen molar-refractivity contribution in [1.29, 1.82) is 0 Å². The molecule has 2 aliphatic rings. The Labute approximate surface area is 133 Å². The third kappa shape index (κ3) is 3.08. The van der Waals surface area contributed by atoms with Crippen molar-refractivity contribution < 1.29 is 9.47 Å². The van der Waals surface area contributed by atoms with Gasteiger partial charge in [-0.2, -0.15) is 0 Å². The zero-order valence-corrected chi connectivity index (χ0v) is 13.7. The fourth-order valence-electron chi connectivity index (χ4n) is 4.09. The van der Waals surface area contributed by atoms with Crippen LogP contribution in [0.2, 0.25) is 0 Å². The van der Waals surface area contributed by atoms with Crippen LogP contribution in [-0.4, -0.2) is 26.8 Å². The molecule has 4 unspecified atom stereocenters. The van der Waals surface area contributed by atoms with Gasteiger partial charge in [-0.15, -0.1) is 0 Å². The number of hydrogen-bond acceptors (Lipinski definition) is 4. The van der Waals surface area contributed by atoms with Crippen LogP contribution < -0.4 is 20.5 Å². The monoisotopic (exact) mass is 304 g/mol. The Morgan fingerprint density at radius 1 is 1.23 bits per heavy atom. The standard InChI is InChI=1S/C18H28N2O2/c1-20-15(11-19)13-6-8-17(21-2)18(10-13)22-16-7-4-12-3-5-14(16)9-12/h6,8,10,12,14-16,20H,3-5,7,9,11,19H2,1-2H3. The molecule has 0 aromatic heterocycles. The number of ether oxygens (including phenoxy) is 2. The van der Waals surface area contributed by atoms with Gasteiger partial charge in [-0.25, -0.2) is 0 Å². The van der Waals surface area contributed by atoms with Gasteiger partial charge in [-0.1, -0.05) is 12.5 Å². The number of fused-ring (bicyclic) bond motifs is 2. The molecule has 3 N–H and O–H groups in total. The Balaban J connectivity index is 1.80. The minimum atomic E-state index is 0.149. The molecule has 4 nitrogen and oxygen atoms in total. The Morgan fingerprint density at radius 3 is 2.77 bits per heavy atom. The van der Waals surface area contributed by atoms with Crippen molar-refractivity contribution >= 4 is 0 Å². The van der Waals surface area contributed by atoms with Crippen LogP contribution in [0.1, 0.15) is 43.7 Å². The summed E-state index contributed by atoms with van der Waals surface area (Å²) in [5, 5.41) is 3.24. The highest BCUT2D eigenvalue weighted by Gasteiger charge is 2.37. The van der Waals surface area contributed by atoms with Gasteiger partial charge in [0.05, 0.1) is 7.11 Å². The van der Waals surface area contributed by atoms with Crippen molar-refractivity contribution in [3.63, 3.8) is 0 Å². The summed E-state index contributed by atoms with van der Waals surface area (Å²) in [6.07, 6.45) is 6.87. The molecule has 0 amide bonds. The average molecular weight is 304 g/mol. The second-order valence-corrected chi connectivity index (χ2v) is 6.66. The summed E-state index contributed by atoms with van der Waals surface area (Å²) >= 11 is 0. The normalized spacial score (nSPS) is 28.4. The van der Waals surface area contributed by atoms with Crippen LogP contribution >= 0.6 is 0 Å². The van der Waals surface area contributed by atoms with E-state index in [4.69, 9.17) is 15.2 Å². The van der Waals surface area contributed by atoms with Crippen molar-refractivity contribution in [3.8, 4) is 11.5 Å². The molecule has 2 aliphatic carbocycles. The molecule has 1 aromatic carbocycles. The van der Waals surface area contributed by atoms with Gasteiger partial charge >= 0.3 is 0 Å². The summed E-state index contributed by atoms with van der Waals surface area (Å²) in [7, 11) is 3.63. The van der Waals surface area contributed by atoms with Crippen LogP contribution in [0.3, 0.4) is 0 Å². The Bertz CT molecular complexity index is 502. The largest absolute Gasteiger partial charge is 0.493 e. The highest BCUT2D eigenvalue weighted by atomic mass is 16.5. The van der Waals surface area contributed by atoms with E-state index in [9.17, 15) is 0 Å². The molecule has 4 heteroatoms. The van der Waals surface area contributed by atoms with Crippen LogP contribution in [0.5, 0.6) is 11.5 Å². The zero-order valence-electron chi connectivity index (χ0n) is 13.7. The molecule has 0 saturated heterocycles. The van der Waals surface area contributed by atoms with E-state index in [2.05, 4.69) is 17.4 Å². The Morgan fingerprint density at radius 2 is 2.05 bits per heavy atom. The van der Waals surface area contributed by atoms with Gasteiger partial charge in [0.15, 0.2) is 11.5 Å². The van der Waals surface area contributed by atoms with Gasteiger partial charge in [-0.05, 0) is 62.3 Å². The number of methoxy groups -OCH3 is 1. The first-order valence-electron chi connectivity index (χ1n) is 8.47. The molecule has 0 aliphatic heterocycles. The second kappa shape index (κ2) is 6.88. The van der Waals surface area contributed by atoms with E-state index in [1.54, 1.807) is 7.11 Å². The topological polar surface area (TPSA) is 56.5 Å². The Kier molecular flexibility index (Phi) is 4.89. The van der Waals surface area contributed by atoms with Crippen molar-refractivity contribution in [3.05, 3.63) is 23.8 Å². The molecule has 2 saturated carbocycles. The maximum absolute atomic E-state index is 6.39. The summed E-state index contributed by atoms with van der Waals surface area (Å²) in [6, 6.07) is 6.29. The van der Waals surface area contributed by atoms with Crippen LogP contribution in [0, 0.1) is 11.8 Å².